The Morgan fingerprint density at radius 1 is 0.943 bits per heavy atom. The summed E-state index contributed by atoms with van der Waals surface area (Å²) in [6.07, 6.45) is 0. The fourth-order valence-electron chi connectivity index (χ4n) is 4.92. The monoisotopic (exact) mass is 485 g/mol. The Morgan fingerprint density at radius 2 is 1.60 bits per heavy atom. The van der Waals surface area contributed by atoms with E-state index in [1.807, 2.05) is 61.5 Å². The quantitative estimate of drug-likeness (QED) is 0.284. The lowest BCUT2D eigenvalue weighted by atomic mass is 9.92. The third-order valence-corrected chi connectivity index (χ3v) is 6.93. The second-order valence-electron chi connectivity index (χ2n) is 8.70. The highest BCUT2D eigenvalue weighted by molar-refractivity contribution is 6.32. The van der Waals surface area contributed by atoms with Crippen LogP contribution in [-0.4, -0.2) is 33.7 Å². The maximum Gasteiger partial charge on any atom is 0.325 e. The molecule has 6 nitrogen and oxygen atoms in total. The number of aromatic nitrogens is 1. The van der Waals surface area contributed by atoms with Crippen molar-refractivity contribution in [3.8, 4) is 11.3 Å². The van der Waals surface area contributed by atoms with Gasteiger partial charge in [0.2, 0.25) is 0 Å². The number of amides is 3. The third-order valence-electron chi connectivity index (χ3n) is 6.60. The van der Waals surface area contributed by atoms with Crippen molar-refractivity contribution in [3.05, 3.63) is 95.0 Å². The number of hydrogen-bond donors (Lipinski definition) is 1. The third kappa shape index (κ3) is 3.61. The lowest BCUT2D eigenvalue weighted by Gasteiger charge is -2.23. The van der Waals surface area contributed by atoms with E-state index < -0.39 is 17.5 Å². The molecular weight excluding hydrogens is 462 g/mol. The van der Waals surface area contributed by atoms with E-state index in [4.69, 9.17) is 11.6 Å². The summed E-state index contributed by atoms with van der Waals surface area (Å²) in [6, 6.07) is 23.6. The SMILES string of the molecule is CCn1c(-c2ccccc2)c(C(=O)CN2C(=O)N[C@@](C)(c3ccccc3Cl)C2=O)c2ccccc21. The van der Waals surface area contributed by atoms with Crippen LogP contribution in [0.1, 0.15) is 29.8 Å². The zero-order valence-corrected chi connectivity index (χ0v) is 20.2. The molecule has 0 radical (unpaired) electrons. The zero-order valence-electron chi connectivity index (χ0n) is 19.4. The maximum absolute atomic E-state index is 13.8. The summed E-state index contributed by atoms with van der Waals surface area (Å²) in [5.41, 5.74) is 2.24. The smallest absolute Gasteiger partial charge is 0.325 e. The standard InChI is InChI=1S/C28H24ClN3O3/c1-3-31-22-16-10-7-13-19(22)24(25(31)18-11-5-4-6-12-18)23(33)17-32-26(34)28(2,30-27(32)35)20-14-8-9-15-21(20)29/h4-16H,3,17H2,1-2H3,(H,30,35)/t28-/m0/s1. The Kier molecular flexibility index (Phi) is 5.69. The number of aryl methyl sites for hydroxylation is 1. The number of Topliss-reactive ketones (excluding diaryl/α,β-unsaturated/α-hetero) is 1. The molecule has 1 aliphatic rings. The van der Waals surface area contributed by atoms with Gasteiger partial charge < -0.3 is 9.88 Å². The van der Waals surface area contributed by atoms with E-state index >= 15 is 0 Å². The number of hydrogen-bond acceptors (Lipinski definition) is 3. The second kappa shape index (κ2) is 8.71. The highest BCUT2D eigenvalue weighted by Gasteiger charge is 2.50. The summed E-state index contributed by atoms with van der Waals surface area (Å²) in [5.74, 6) is -0.816. The summed E-state index contributed by atoms with van der Waals surface area (Å²) >= 11 is 6.34. The van der Waals surface area contributed by atoms with Crippen molar-refractivity contribution in [1.29, 1.82) is 0 Å². The largest absolute Gasteiger partial charge is 0.340 e. The number of halogens is 1. The molecule has 35 heavy (non-hydrogen) atoms. The number of nitrogens with one attached hydrogen (secondary N) is 1. The van der Waals surface area contributed by atoms with Crippen molar-refractivity contribution in [2.24, 2.45) is 0 Å². The van der Waals surface area contributed by atoms with Gasteiger partial charge in [0, 0.05) is 28.0 Å². The van der Waals surface area contributed by atoms with Gasteiger partial charge in [-0.25, -0.2) is 4.79 Å². The molecule has 7 heteroatoms. The van der Waals surface area contributed by atoms with Gasteiger partial charge in [0.1, 0.15) is 5.54 Å². The topological polar surface area (TPSA) is 71.4 Å². The van der Waals surface area contributed by atoms with Crippen molar-refractivity contribution in [2.45, 2.75) is 25.9 Å². The predicted octanol–water partition coefficient (Wildman–Crippen LogP) is 5.63. The summed E-state index contributed by atoms with van der Waals surface area (Å²) in [6.45, 7) is 3.92. The molecule has 0 unspecified atom stereocenters. The summed E-state index contributed by atoms with van der Waals surface area (Å²) < 4.78 is 2.09. The van der Waals surface area contributed by atoms with Crippen LogP contribution in [0.15, 0.2) is 78.9 Å². The average molecular weight is 486 g/mol. The number of carbonyl (C=O) groups is 3. The molecule has 1 N–H and O–H groups in total. The minimum absolute atomic E-state index is 0.306. The molecular formula is C28H24ClN3O3. The van der Waals surface area contributed by atoms with E-state index in [-0.39, 0.29) is 12.3 Å². The van der Waals surface area contributed by atoms with E-state index in [0.717, 1.165) is 27.1 Å². The van der Waals surface area contributed by atoms with Gasteiger partial charge in [-0.15, -0.1) is 0 Å². The highest BCUT2D eigenvalue weighted by atomic mass is 35.5. The molecule has 176 valence electrons. The number of imide groups is 1. The molecule has 0 aliphatic carbocycles. The number of benzene rings is 3. The Hall–Kier alpha value is -3.90. The number of para-hydroxylation sites is 1. The fraction of sp³-hybridized carbons (Fsp3) is 0.179. The van der Waals surface area contributed by atoms with Crippen molar-refractivity contribution >= 4 is 40.2 Å². The van der Waals surface area contributed by atoms with Gasteiger partial charge in [-0.2, -0.15) is 0 Å². The molecule has 0 bridgehead atoms. The first-order valence-corrected chi connectivity index (χ1v) is 11.8. The van der Waals surface area contributed by atoms with Gasteiger partial charge >= 0.3 is 6.03 Å². The molecule has 1 atom stereocenters. The van der Waals surface area contributed by atoms with Crippen LogP contribution in [-0.2, 0) is 16.9 Å². The van der Waals surface area contributed by atoms with Gasteiger partial charge in [-0.05, 0) is 31.5 Å². The lowest BCUT2D eigenvalue weighted by molar-refractivity contribution is -0.130. The van der Waals surface area contributed by atoms with Crippen LogP contribution in [0.25, 0.3) is 22.2 Å². The van der Waals surface area contributed by atoms with Gasteiger partial charge in [0.25, 0.3) is 5.91 Å². The van der Waals surface area contributed by atoms with Gasteiger partial charge in [-0.1, -0.05) is 78.3 Å². The maximum atomic E-state index is 13.8. The van der Waals surface area contributed by atoms with Gasteiger partial charge in [0.05, 0.1) is 17.8 Å². The zero-order chi connectivity index (χ0) is 24.7. The molecule has 1 fully saturated rings. The second-order valence-corrected chi connectivity index (χ2v) is 9.11. The van der Waals surface area contributed by atoms with Crippen LogP contribution in [0, 0.1) is 0 Å². The first-order chi connectivity index (χ1) is 16.9. The Bertz CT molecular complexity index is 1480. The molecule has 0 saturated carbocycles. The summed E-state index contributed by atoms with van der Waals surface area (Å²) in [4.78, 5) is 41.2. The van der Waals surface area contributed by atoms with Crippen LogP contribution >= 0.6 is 11.6 Å². The molecule has 2 heterocycles. The summed E-state index contributed by atoms with van der Waals surface area (Å²) in [7, 11) is 0. The number of fused-ring (bicyclic) bond motifs is 1. The lowest BCUT2D eigenvalue weighted by Crippen LogP contribution is -2.41. The number of nitrogens with zero attached hydrogens (tertiary/aromatic N) is 2. The normalized spacial score (nSPS) is 17.7. The van der Waals surface area contributed by atoms with E-state index in [0.29, 0.717) is 22.7 Å². The molecule has 0 spiro atoms. The van der Waals surface area contributed by atoms with Crippen molar-refractivity contribution < 1.29 is 14.4 Å². The average Bonchev–Trinajstić information content (AvgIpc) is 3.32. The number of urea groups is 1. The molecule has 3 amide bonds. The minimum Gasteiger partial charge on any atom is -0.340 e. The van der Waals surface area contributed by atoms with E-state index in [1.165, 1.54) is 0 Å². The fourth-order valence-corrected chi connectivity index (χ4v) is 5.25. The minimum atomic E-state index is -1.35. The first kappa shape index (κ1) is 22.9. The number of ketones is 1. The van der Waals surface area contributed by atoms with Crippen molar-refractivity contribution in [1.82, 2.24) is 14.8 Å². The van der Waals surface area contributed by atoms with Crippen molar-refractivity contribution in [3.63, 3.8) is 0 Å². The molecule has 1 aromatic heterocycles. The number of rotatable bonds is 6. The Morgan fingerprint density at radius 3 is 2.31 bits per heavy atom. The van der Waals surface area contributed by atoms with E-state index in [2.05, 4.69) is 9.88 Å². The van der Waals surface area contributed by atoms with E-state index in [9.17, 15) is 14.4 Å². The molecule has 1 saturated heterocycles. The predicted molar refractivity (Wildman–Crippen MR) is 136 cm³/mol. The molecule has 5 rings (SSSR count). The van der Waals surface area contributed by atoms with Crippen LogP contribution in [0.2, 0.25) is 5.02 Å². The number of carbonyl (C=O) groups excluding carboxylic acids is 3. The van der Waals surface area contributed by atoms with Crippen LogP contribution < -0.4 is 5.32 Å². The van der Waals surface area contributed by atoms with E-state index in [1.54, 1.807) is 31.2 Å². The highest BCUT2D eigenvalue weighted by Crippen LogP contribution is 2.36. The molecule has 3 aromatic carbocycles. The summed E-state index contributed by atoms with van der Waals surface area (Å²) in [5, 5.41) is 3.90. The van der Waals surface area contributed by atoms with Gasteiger partial charge in [0.15, 0.2) is 5.78 Å². The first-order valence-electron chi connectivity index (χ1n) is 11.5. The van der Waals surface area contributed by atoms with Crippen LogP contribution in [0.4, 0.5) is 4.79 Å². The molecule has 1 aliphatic heterocycles. The van der Waals surface area contributed by atoms with Crippen LogP contribution in [0.3, 0.4) is 0 Å². The van der Waals surface area contributed by atoms with Crippen LogP contribution in [0.5, 0.6) is 0 Å². The molecule has 4 aromatic rings. The van der Waals surface area contributed by atoms with Crippen molar-refractivity contribution in [2.75, 3.05) is 6.54 Å². The Balaban J connectivity index is 1.58. The van der Waals surface area contributed by atoms with Gasteiger partial charge in [-0.3, -0.25) is 14.5 Å². The Labute approximate surface area is 208 Å².